The minimum Gasteiger partial charge on any atom is -0.385 e. The van der Waals surface area contributed by atoms with E-state index in [1.807, 2.05) is 0 Å². The van der Waals surface area contributed by atoms with Gasteiger partial charge in [-0.05, 0) is 17.7 Å². The summed E-state index contributed by atoms with van der Waals surface area (Å²) < 4.78 is 22.0. The van der Waals surface area contributed by atoms with Crippen LogP contribution in [0.4, 0.5) is 0 Å². The number of sulfonamides is 1. The number of nitriles is 2. The molecule has 1 rings (SSSR count). The highest BCUT2D eigenvalue weighted by molar-refractivity contribution is 7.89. The van der Waals surface area contributed by atoms with Crippen LogP contribution < -0.4 is 10.5 Å². The van der Waals surface area contributed by atoms with E-state index in [0.29, 0.717) is 6.54 Å². The third kappa shape index (κ3) is 3.91. The minimum absolute atomic E-state index is 0.0313. The second-order valence-corrected chi connectivity index (χ2v) is 4.91. The van der Waals surface area contributed by atoms with Crippen molar-refractivity contribution in [1.29, 1.82) is 10.5 Å². The zero-order valence-corrected chi connectivity index (χ0v) is 10.1. The molecule has 0 amide bonds. The van der Waals surface area contributed by atoms with Gasteiger partial charge < -0.3 is 5.32 Å². The highest BCUT2D eigenvalue weighted by atomic mass is 32.2. The van der Waals surface area contributed by atoms with Gasteiger partial charge in [0.15, 0.2) is 0 Å². The van der Waals surface area contributed by atoms with Crippen LogP contribution >= 0.6 is 0 Å². The molecule has 0 atom stereocenters. The van der Waals surface area contributed by atoms with Crippen LogP contribution in [-0.4, -0.2) is 8.42 Å². The highest BCUT2D eigenvalue weighted by Gasteiger charge is 2.06. The van der Waals surface area contributed by atoms with Crippen LogP contribution in [-0.2, 0) is 16.6 Å². The third-order valence-electron chi connectivity index (χ3n) is 2.05. The van der Waals surface area contributed by atoms with Crippen LogP contribution in [0.15, 0.2) is 40.9 Å². The van der Waals surface area contributed by atoms with Gasteiger partial charge in [0, 0.05) is 12.7 Å². The summed E-state index contributed by atoms with van der Waals surface area (Å²) in [5.41, 5.74) is 0.769. The molecule has 0 aliphatic rings. The maximum Gasteiger partial charge on any atom is 0.238 e. The summed E-state index contributed by atoms with van der Waals surface area (Å²) in [4.78, 5) is 0.0385. The monoisotopic (exact) mass is 262 g/mol. The molecule has 0 aliphatic heterocycles. The Morgan fingerprint density at radius 3 is 2.28 bits per heavy atom. The van der Waals surface area contributed by atoms with Crippen molar-refractivity contribution in [1.82, 2.24) is 5.32 Å². The number of hydrogen-bond donors (Lipinski definition) is 2. The molecule has 0 saturated carbocycles. The molecule has 0 saturated heterocycles. The van der Waals surface area contributed by atoms with E-state index < -0.39 is 10.0 Å². The van der Waals surface area contributed by atoms with E-state index >= 15 is 0 Å². The van der Waals surface area contributed by atoms with Gasteiger partial charge in [-0.1, -0.05) is 12.1 Å². The highest BCUT2D eigenvalue weighted by Crippen LogP contribution is 2.08. The molecule has 0 fully saturated rings. The standard InChI is InChI=1S/C11H10N4O2S/c12-5-10(6-13)8-15-7-9-1-3-11(4-2-9)18(14,16)17/h1-4,8,15H,7H2,(H2,14,16,17). The molecule has 3 N–H and O–H groups in total. The molecular formula is C11H10N4O2S. The fourth-order valence-corrected chi connectivity index (χ4v) is 1.67. The van der Waals surface area contributed by atoms with Crippen molar-refractivity contribution >= 4 is 10.0 Å². The van der Waals surface area contributed by atoms with E-state index in [4.69, 9.17) is 15.7 Å². The average Bonchev–Trinajstić information content (AvgIpc) is 2.34. The van der Waals surface area contributed by atoms with E-state index in [0.717, 1.165) is 5.56 Å². The quantitative estimate of drug-likeness (QED) is 0.759. The Morgan fingerprint density at radius 2 is 1.83 bits per heavy atom. The second kappa shape index (κ2) is 5.82. The van der Waals surface area contributed by atoms with Crippen molar-refractivity contribution in [3.8, 4) is 12.1 Å². The van der Waals surface area contributed by atoms with E-state index in [1.165, 1.54) is 18.3 Å². The van der Waals surface area contributed by atoms with Gasteiger partial charge in [-0.2, -0.15) is 10.5 Å². The first-order valence-corrected chi connectivity index (χ1v) is 6.37. The molecular weight excluding hydrogens is 252 g/mol. The Bertz CT molecular complexity index is 617. The Balaban J connectivity index is 2.70. The van der Waals surface area contributed by atoms with Crippen LogP contribution in [0.1, 0.15) is 5.56 Å². The SMILES string of the molecule is N#CC(C#N)=CNCc1ccc(S(N)(=O)=O)cc1. The normalized spacial score (nSPS) is 9.94. The minimum atomic E-state index is -3.68. The Kier molecular flexibility index (Phi) is 4.44. The van der Waals surface area contributed by atoms with Gasteiger partial charge in [-0.15, -0.1) is 0 Å². The lowest BCUT2D eigenvalue weighted by Gasteiger charge is -2.02. The van der Waals surface area contributed by atoms with Crippen molar-refractivity contribution in [2.24, 2.45) is 5.14 Å². The molecule has 7 heteroatoms. The van der Waals surface area contributed by atoms with Crippen LogP contribution in [0.3, 0.4) is 0 Å². The van der Waals surface area contributed by atoms with Gasteiger partial charge in [-0.3, -0.25) is 0 Å². The number of allylic oxidation sites excluding steroid dienone is 1. The van der Waals surface area contributed by atoms with Gasteiger partial charge in [-0.25, -0.2) is 13.6 Å². The molecule has 0 heterocycles. The average molecular weight is 262 g/mol. The van der Waals surface area contributed by atoms with E-state index in [-0.39, 0.29) is 10.5 Å². The molecule has 0 unspecified atom stereocenters. The summed E-state index contributed by atoms with van der Waals surface area (Å²) in [5, 5.41) is 24.7. The summed E-state index contributed by atoms with van der Waals surface area (Å²) in [7, 11) is -3.68. The van der Waals surface area contributed by atoms with Gasteiger partial charge in [0.2, 0.25) is 10.0 Å². The van der Waals surface area contributed by atoms with E-state index in [2.05, 4.69) is 5.32 Å². The lowest BCUT2D eigenvalue weighted by Crippen LogP contribution is -2.12. The number of hydrogen-bond acceptors (Lipinski definition) is 5. The Morgan fingerprint density at radius 1 is 1.28 bits per heavy atom. The van der Waals surface area contributed by atoms with Gasteiger partial charge >= 0.3 is 0 Å². The smallest absolute Gasteiger partial charge is 0.238 e. The molecule has 1 aromatic rings. The van der Waals surface area contributed by atoms with Gasteiger partial charge in [0.25, 0.3) is 0 Å². The first kappa shape index (κ1) is 13.7. The number of nitrogens with zero attached hydrogens (tertiary/aromatic N) is 2. The fraction of sp³-hybridized carbons (Fsp3) is 0.0909. The first-order chi connectivity index (χ1) is 8.47. The lowest BCUT2D eigenvalue weighted by molar-refractivity contribution is 0.597. The Labute approximate surface area is 105 Å². The molecule has 1 aromatic carbocycles. The summed E-state index contributed by atoms with van der Waals surface area (Å²) in [6.07, 6.45) is 1.30. The molecule has 0 spiro atoms. The van der Waals surface area contributed by atoms with Crippen LogP contribution in [0.5, 0.6) is 0 Å². The summed E-state index contributed by atoms with van der Waals surface area (Å²) >= 11 is 0. The van der Waals surface area contributed by atoms with Crippen molar-refractivity contribution in [3.05, 3.63) is 41.6 Å². The van der Waals surface area contributed by atoms with Gasteiger partial charge in [0.1, 0.15) is 17.7 Å². The van der Waals surface area contributed by atoms with Crippen molar-refractivity contribution < 1.29 is 8.42 Å². The zero-order valence-electron chi connectivity index (χ0n) is 9.29. The number of nitrogens with two attached hydrogens (primary N) is 1. The summed E-state index contributed by atoms with van der Waals surface area (Å²) in [6.45, 7) is 0.373. The van der Waals surface area contributed by atoms with Crippen molar-refractivity contribution in [3.63, 3.8) is 0 Å². The maximum absolute atomic E-state index is 11.0. The van der Waals surface area contributed by atoms with E-state index in [9.17, 15) is 8.42 Å². The number of benzene rings is 1. The molecule has 0 radical (unpaired) electrons. The predicted octanol–water partition coefficient (Wildman–Crippen LogP) is 0.355. The van der Waals surface area contributed by atoms with Crippen LogP contribution in [0, 0.1) is 22.7 Å². The zero-order chi connectivity index (χ0) is 13.6. The predicted molar refractivity (Wildman–Crippen MR) is 64.0 cm³/mol. The fourth-order valence-electron chi connectivity index (χ4n) is 1.16. The summed E-state index contributed by atoms with van der Waals surface area (Å²) in [5.74, 6) is 0. The topological polar surface area (TPSA) is 120 Å². The van der Waals surface area contributed by atoms with Crippen molar-refractivity contribution in [2.45, 2.75) is 11.4 Å². The largest absolute Gasteiger partial charge is 0.385 e. The van der Waals surface area contributed by atoms with Crippen LogP contribution in [0.25, 0.3) is 0 Å². The Hall–Kier alpha value is -2.35. The van der Waals surface area contributed by atoms with Crippen LogP contribution in [0.2, 0.25) is 0 Å². The third-order valence-corrected chi connectivity index (χ3v) is 2.97. The molecule has 0 aliphatic carbocycles. The number of rotatable bonds is 4. The molecule has 92 valence electrons. The maximum atomic E-state index is 11.0. The number of primary sulfonamides is 1. The second-order valence-electron chi connectivity index (χ2n) is 3.35. The lowest BCUT2D eigenvalue weighted by atomic mass is 10.2. The molecule has 0 aromatic heterocycles. The molecule has 6 nitrogen and oxygen atoms in total. The van der Waals surface area contributed by atoms with Gasteiger partial charge in [0.05, 0.1) is 4.90 Å². The molecule has 0 bridgehead atoms. The van der Waals surface area contributed by atoms with Crippen molar-refractivity contribution in [2.75, 3.05) is 0 Å². The van der Waals surface area contributed by atoms with E-state index in [1.54, 1.807) is 24.3 Å². The molecule has 18 heavy (non-hydrogen) atoms. The number of nitrogens with one attached hydrogen (secondary N) is 1. The summed E-state index contributed by atoms with van der Waals surface area (Å²) in [6, 6.07) is 9.40. The first-order valence-electron chi connectivity index (χ1n) is 4.83.